The lowest BCUT2D eigenvalue weighted by atomic mass is 9.87. The first kappa shape index (κ1) is 25.0. The molecular weight excluding hydrogens is 475 g/mol. The molecule has 2 aliphatic rings. The van der Waals surface area contributed by atoms with E-state index in [4.69, 9.17) is 0 Å². The Bertz CT molecular complexity index is 1210. The molecule has 3 atom stereocenters. The van der Waals surface area contributed by atoms with Crippen LogP contribution >= 0.6 is 0 Å². The molecule has 0 spiro atoms. The van der Waals surface area contributed by atoms with E-state index in [0.717, 1.165) is 5.56 Å². The molecule has 1 aromatic heterocycles. The van der Waals surface area contributed by atoms with E-state index in [0.29, 0.717) is 54.8 Å². The molecule has 4 nitrogen and oxygen atoms in total. The molecule has 3 heterocycles. The van der Waals surface area contributed by atoms with Crippen LogP contribution in [0.15, 0.2) is 30.3 Å². The van der Waals surface area contributed by atoms with Crippen molar-refractivity contribution in [2.75, 3.05) is 38.2 Å². The van der Waals surface area contributed by atoms with Crippen molar-refractivity contribution in [3.63, 3.8) is 0 Å². The lowest BCUT2D eigenvalue weighted by Gasteiger charge is -2.42. The standard InChI is InChI=1S/C27H31F5N4/c1-15(29)12-36-16(2)8-21-20-9-17(30)4-5-24(20)34-26(21)27(36)25-22(31)10-18(11-23(25)32)33-19-13-35(14-19)7-3-6-28/h4-5,9-11,15-16,19,27,33-34H,3,6-8,12-14H2,1-2H3/t15?,16-,27-/m0/s1. The Morgan fingerprint density at radius 2 is 1.83 bits per heavy atom. The van der Waals surface area contributed by atoms with Crippen molar-refractivity contribution in [1.29, 1.82) is 0 Å². The zero-order chi connectivity index (χ0) is 25.6. The zero-order valence-corrected chi connectivity index (χ0v) is 20.4. The van der Waals surface area contributed by atoms with Gasteiger partial charge in [-0.25, -0.2) is 17.6 Å². The summed E-state index contributed by atoms with van der Waals surface area (Å²) in [6.45, 7) is 4.99. The molecule has 3 aromatic rings. The van der Waals surface area contributed by atoms with Crippen molar-refractivity contribution in [1.82, 2.24) is 14.8 Å². The monoisotopic (exact) mass is 506 g/mol. The van der Waals surface area contributed by atoms with E-state index < -0.39 is 23.8 Å². The first-order valence-electron chi connectivity index (χ1n) is 12.5. The number of hydrogen-bond donors (Lipinski definition) is 2. The molecule has 1 unspecified atom stereocenters. The summed E-state index contributed by atoms with van der Waals surface area (Å²) in [5, 5.41) is 3.83. The van der Waals surface area contributed by atoms with E-state index in [1.807, 2.05) is 6.92 Å². The number of nitrogens with zero attached hydrogens (tertiary/aromatic N) is 2. The number of hydrogen-bond acceptors (Lipinski definition) is 3. The summed E-state index contributed by atoms with van der Waals surface area (Å²) in [6, 6.07) is 5.87. The lowest BCUT2D eigenvalue weighted by molar-refractivity contribution is 0.108. The van der Waals surface area contributed by atoms with Gasteiger partial charge in [0.2, 0.25) is 0 Å². The van der Waals surface area contributed by atoms with Crippen molar-refractivity contribution >= 4 is 16.6 Å². The molecule has 2 N–H and O–H groups in total. The van der Waals surface area contributed by atoms with Gasteiger partial charge in [-0.3, -0.25) is 14.2 Å². The van der Waals surface area contributed by atoms with Crippen LogP contribution in [0.5, 0.6) is 0 Å². The number of anilines is 1. The van der Waals surface area contributed by atoms with Crippen LogP contribution < -0.4 is 5.32 Å². The third kappa shape index (κ3) is 4.70. The number of rotatable bonds is 8. The fraction of sp³-hybridized carbons (Fsp3) is 0.481. The maximum Gasteiger partial charge on any atom is 0.133 e. The SMILES string of the molecule is CC(F)CN1[C@@H](c2c(F)cc(NC3CN(CCCF)C3)cc2F)c2[nH]c3ccc(F)cc3c2C[C@@H]1C. The highest BCUT2D eigenvalue weighted by molar-refractivity contribution is 5.85. The van der Waals surface area contributed by atoms with Crippen LogP contribution in [0.4, 0.5) is 27.6 Å². The van der Waals surface area contributed by atoms with Crippen LogP contribution in [0.2, 0.25) is 0 Å². The second kappa shape index (κ2) is 10.0. The summed E-state index contributed by atoms with van der Waals surface area (Å²) < 4.78 is 71.9. The molecule has 1 saturated heterocycles. The van der Waals surface area contributed by atoms with Gasteiger partial charge in [-0.1, -0.05) is 0 Å². The van der Waals surface area contributed by atoms with E-state index in [9.17, 15) is 13.2 Å². The Kier molecular flexibility index (Phi) is 6.96. The summed E-state index contributed by atoms with van der Waals surface area (Å²) in [7, 11) is 0. The molecule has 0 radical (unpaired) electrons. The van der Waals surface area contributed by atoms with Crippen LogP contribution in [0.3, 0.4) is 0 Å². The number of aromatic amines is 1. The molecule has 9 heteroatoms. The molecule has 0 saturated carbocycles. The second-order valence-electron chi connectivity index (χ2n) is 10.1. The number of likely N-dealkylation sites (tertiary alicyclic amines) is 1. The fourth-order valence-electron chi connectivity index (χ4n) is 5.70. The fourth-order valence-corrected chi connectivity index (χ4v) is 5.70. The summed E-state index contributed by atoms with van der Waals surface area (Å²) in [5.74, 6) is -1.84. The van der Waals surface area contributed by atoms with Crippen molar-refractivity contribution < 1.29 is 22.0 Å². The van der Waals surface area contributed by atoms with Crippen molar-refractivity contribution in [2.45, 2.75) is 51.0 Å². The highest BCUT2D eigenvalue weighted by Crippen LogP contribution is 2.43. The van der Waals surface area contributed by atoms with Crippen LogP contribution in [0, 0.1) is 17.5 Å². The number of alkyl halides is 2. The van der Waals surface area contributed by atoms with Gasteiger partial charge in [0.05, 0.1) is 18.8 Å². The minimum Gasteiger partial charge on any atom is -0.380 e. The van der Waals surface area contributed by atoms with Gasteiger partial charge in [-0.05, 0) is 62.6 Å². The summed E-state index contributed by atoms with van der Waals surface area (Å²) in [6.07, 6.45) is -0.226. The molecule has 0 amide bonds. The molecule has 36 heavy (non-hydrogen) atoms. The summed E-state index contributed by atoms with van der Waals surface area (Å²) >= 11 is 0. The number of fused-ring (bicyclic) bond motifs is 3. The predicted molar refractivity (Wildman–Crippen MR) is 131 cm³/mol. The van der Waals surface area contributed by atoms with Gasteiger partial charge < -0.3 is 10.3 Å². The smallest absolute Gasteiger partial charge is 0.133 e. The molecule has 194 valence electrons. The Morgan fingerprint density at radius 1 is 1.11 bits per heavy atom. The van der Waals surface area contributed by atoms with Crippen molar-refractivity contribution in [3.05, 3.63) is 64.6 Å². The molecule has 2 aliphatic heterocycles. The quantitative estimate of drug-likeness (QED) is 0.383. The summed E-state index contributed by atoms with van der Waals surface area (Å²) in [4.78, 5) is 7.11. The number of aromatic nitrogens is 1. The average molecular weight is 507 g/mol. The summed E-state index contributed by atoms with van der Waals surface area (Å²) in [5.41, 5.74) is 2.22. The van der Waals surface area contributed by atoms with E-state index in [1.165, 1.54) is 31.2 Å². The van der Waals surface area contributed by atoms with E-state index >= 15 is 8.78 Å². The van der Waals surface area contributed by atoms with Gasteiger partial charge in [-0.2, -0.15) is 0 Å². The van der Waals surface area contributed by atoms with Gasteiger partial charge in [-0.15, -0.1) is 0 Å². The van der Waals surface area contributed by atoms with Gasteiger partial charge in [0.15, 0.2) is 0 Å². The maximum absolute atomic E-state index is 15.6. The highest BCUT2D eigenvalue weighted by atomic mass is 19.1. The number of H-pyrrole nitrogens is 1. The highest BCUT2D eigenvalue weighted by Gasteiger charge is 2.39. The number of nitrogens with one attached hydrogen (secondary N) is 2. The van der Waals surface area contributed by atoms with E-state index in [2.05, 4.69) is 15.2 Å². The third-order valence-electron chi connectivity index (χ3n) is 7.32. The van der Waals surface area contributed by atoms with Crippen LogP contribution in [-0.4, -0.2) is 65.9 Å². The molecule has 1 fully saturated rings. The average Bonchev–Trinajstić information content (AvgIpc) is 3.13. The third-order valence-corrected chi connectivity index (χ3v) is 7.32. The first-order chi connectivity index (χ1) is 17.2. The molecular formula is C27H31F5N4. The van der Waals surface area contributed by atoms with Gasteiger partial charge >= 0.3 is 0 Å². The molecule has 0 bridgehead atoms. The zero-order valence-electron chi connectivity index (χ0n) is 20.4. The van der Waals surface area contributed by atoms with E-state index in [1.54, 1.807) is 11.0 Å². The van der Waals surface area contributed by atoms with Crippen molar-refractivity contribution in [2.24, 2.45) is 0 Å². The molecule has 0 aliphatic carbocycles. The van der Waals surface area contributed by atoms with Crippen molar-refractivity contribution in [3.8, 4) is 0 Å². The Hall–Kier alpha value is -2.65. The minimum absolute atomic E-state index is 0.00463. The largest absolute Gasteiger partial charge is 0.380 e. The molecule has 2 aromatic carbocycles. The maximum atomic E-state index is 15.6. The first-order valence-corrected chi connectivity index (χ1v) is 12.5. The van der Waals surface area contributed by atoms with Gasteiger partial charge in [0.1, 0.15) is 23.6 Å². The topological polar surface area (TPSA) is 34.3 Å². The number of halogens is 5. The van der Waals surface area contributed by atoms with Gasteiger partial charge in [0.25, 0.3) is 0 Å². The number of benzene rings is 2. The molecule has 5 rings (SSSR count). The van der Waals surface area contributed by atoms with E-state index in [-0.39, 0.29) is 36.7 Å². The second-order valence-corrected chi connectivity index (χ2v) is 10.1. The predicted octanol–water partition coefficient (Wildman–Crippen LogP) is 5.73. The Morgan fingerprint density at radius 3 is 2.50 bits per heavy atom. The van der Waals surface area contributed by atoms with Crippen LogP contribution in [0.25, 0.3) is 10.9 Å². The Labute approximate surface area is 207 Å². The lowest BCUT2D eigenvalue weighted by Crippen LogP contribution is -2.54. The van der Waals surface area contributed by atoms with Crippen LogP contribution in [-0.2, 0) is 6.42 Å². The minimum atomic E-state index is -1.20. The Balaban J connectivity index is 1.50. The normalized spacial score (nSPS) is 22.0. The van der Waals surface area contributed by atoms with Gasteiger partial charge in [0, 0.05) is 60.1 Å². The van der Waals surface area contributed by atoms with Crippen LogP contribution in [0.1, 0.15) is 43.1 Å².